The Kier molecular flexibility index (Phi) is 5.70. The van der Waals surface area contributed by atoms with Crippen molar-refractivity contribution >= 4 is 17.6 Å². The molecule has 162 valence electrons. The second kappa shape index (κ2) is 8.60. The first-order valence-electron chi connectivity index (χ1n) is 12.2. The Morgan fingerprint density at radius 3 is 2.50 bits per heavy atom. The van der Waals surface area contributed by atoms with Crippen LogP contribution in [0.3, 0.4) is 0 Å². The molecule has 1 aromatic carbocycles. The number of urea groups is 1. The zero-order valence-electron chi connectivity index (χ0n) is 18.1. The lowest BCUT2D eigenvalue weighted by Gasteiger charge is -2.44. The van der Waals surface area contributed by atoms with Crippen LogP contribution in [0.5, 0.6) is 0 Å². The monoisotopic (exact) mass is 409 g/mol. The summed E-state index contributed by atoms with van der Waals surface area (Å²) in [5.41, 5.74) is 2.92. The lowest BCUT2D eigenvalue weighted by Crippen LogP contribution is -2.49. The number of carbonyl (C=O) groups excluding carboxylic acids is 2. The number of benzene rings is 1. The summed E-state index contributed by atoms with van der Waals surface area (Å²) in [6, 6.07) is 6.78. The van der Waals surface area contributed by atoms with Crippen LogP contribution in [0.1, 0.15) is 86.6 Å². The molecular formula is C25H35N3O2. The van der Waals surface area contributed by atoms with Gasteiger partial charge >= 0.3 is 6.03 Å². The van der Waals surface area contributed by atoms with Crippen molar-refractivity contribution < 1.29 is 9.59 Å². The summed E-state index contributed by atoms with van der Waals surface area (Å²) in [7, 11) is 0. The predicted octanol–water partition coefficient (Wildman–Crippen LogP) is 4.89. The number of nitrogens with zero attached hydrogens (tertiary/aromatic N) is 2. The van der Waals surface area contributed by atoms with Gasteiger partial charge in [0.15, 0.2) is 0 Å². The fraction of sp³-hybridized carbons (Fsp3) is 0.680. The maximum Gasteiger partial charge on any atom is 0.322 e. The van der Waals surface area contributed by atoms with Crippen LogP contribution in [0.25, 0.3) is 0 Å². The van der Waals surface area contributed by atoms with E-state index < -0.39 is 0 Å². The molecule has 2 saturated carbocycles. The molecule has 5 nitrogen and oxygen atoms in total. The fourth-order valence-corrected chi connectivity index (χ4v) is 6.29. The standard InChI is InChI=1S/C25H35N3O2/c29-24(27-15-6-8-18-7-4-5-11-22(18)27)20-12-13-23-19(17-20)14-16-28(23)25(30)26-21-9-2-1-3-10-21/h12-13,17-18,21-22H,1-11,14-16H2,(H,26,30)/t18-,22-/m1/s1. The number of likely N-dealkylation sites (tertiary alicyclic amines) is 1. The van der Waals surface area contributed by atoms with Crippen LogP contribution in [0, 0.1) is 5.92 Å². The van der Waals surface area contributed by atoms with Crippen molar-refractivity contribution in [1.29, 1.82) is 0 Å². The zero-order valence-corrected chi connectivity index (χ0v) is 18.1. The van der Waals surface area contributed by atoms with Gasteiger partial charge in [0.25, 0.3) is 5.91 Å². The number of fused-ring (bicyclic) bond motifs is 2. The highest BCUT2D eigenvalue weighted by molar-refractivity contribution is 5.98. The third-order valence-corrected chi connectivity index (χ3v) is 7.90. The molecule has 5 heteroatoms. The number of hydrogen-bond donors (Lipinski definition) is 1. The van der Waals surface area contributed by atoms with E-state index in [0.29, 0.717) is 24.5 Å². The molecule has 1 saturated heterocycles. The summed E-state index contributed by atoms with van der Waals surface area (Å²) in [6.45, 7) is 1.60. The van der Waals surface area contributed by atoms with E-state index in [2.05, 4.69) is 16.3 Å². The van der Waals surface area contributed by atoms with Gasteiger partial charge in [0.05, 0.1) is 0 Å². The summed E-state index contributed by atoms with van der Waals surface area (Å²) in [5.74, 6) is 0.893. The van der Waals surface area contributed by atoms with Crippen molar-refractivity contribution in [3.63, 3.8) is 0 Å². The van der Waals surface area contributed by atoms with Gasteiger partial charge in [-0.15, -0.1) is 0 Å². The predicted molar refractivity (Wildman–Crippen MR) is 119 cm³/mol. The summed E-state index contributed by atoms with van der Waals surface area (Å²) in [5, 5.41) is 3.23. The molecule has 2 aliphatic heterocycles. The molecular weight excluding hydrogens is 374 g/mol. The number of hydrogen-bond acceptors (Lipinski definition) is 2. The molecule has 2 atom stereocenters. The molecule has 0 unspecified atom stereocenters. The van der Waals surface area contributed by atoms with Crippen molar-refractivity contribution in [2.24, 2.45) is 5.92 Å². The second-order valence-electron chi connectivity index (χ2n) is 9.78. The lowest BCUT2D eigenvalue weighted by molar-refractivity contribution is 0.0390. The maximum atomic E-state index is 13.4. The zero-order chi connectivity index (χ0) is 20.5. The number of rotatable bonds is 2. The Labute approximate surface area is 180 Å². The molecule has 3 fully saturated rings. The highest BCUT2D eigenvalue weighted by Gasteiger charge is 2.36. The van der Waals surface area contributed by atoms with Crippen molar-refractivity contribution in [3.8, 4) is 0 Å². The summed E-state index contributed by atoms with van der Waals surface area (Å²) >= 11 is 0. The first-order chi connectivity index (χ1) is 14.7. The maximum absolute atomic E-state index is 13.4. The number of carbonyl (C=O) groups is 2. The molecule has 2 heterocycles. The van der Waals surface area contributed by atoms with E-state index in [0.717, 1.165) is 55.5 Å². The molecule has 0 radical (unpaired) electrons. The largest absolute Gasteiger partial charge is 0.335 e. The van der Waals surface area contributed by atoms with Crippen molar-refractivity contribution in [3.05, 3.63) is 29.3 Å². The van der Waals surface area contributed by atoms with E-state index in [9.17, 15) is 9.59 Å². The fourth-order valence-electron chi connectivity index (χ4n) is 6.29. The second-order valence-corrected chi connectivity index (χ2v) is 9.78. The Bertz CT molecular complexity index is 800. The Morgan fingerprint density at radius 2 is 1.63 bits per heavy atom. The van der Waals surface area contributed by atoms with Gasteiger partial charge in [-0.2, -0.15) is 0 Å². The number of nitrogens with one attached hydrogen (secondary N) is 1. The van der Waals surface area contributed by atoms with Crippen molar-refractivity contribution in [2.45, 2.75) is 89.1 Å². The van der Waals surface area contributed by atoms with E-state index in [1.54, 1.807) is 0 Å². The van der Waals surface area contributed by atoms with E-state index in [1.165, 1.54) is 44.9 Å². The van der Waals surface area contributed by atoms with Crippen LogP contribution in [-0.4, -0.2) is 42.0 Å². The topological polar surface area (TPSA) is 52.7 Å². The number of anilines is 1. The summed E-state index contributed by atoms with van der Waals surface area (Å²) < 4.78 is 0. The third kappa shape index (κ3) is 3.83. The minimum atomic E-state index is 0.0285. The highest BCUT2D eigenvalue weighted by Crippen LogP contribution is 2.37. The molecule has 1 aromatic rings. The molecule has 3 amide bonds. The average Bonchev–Trinajstić information content (AvgIpc) is 3.22. The van der Waals surface area contributed by atoms with Gasteiger partial charge in [-0.3, -0.25) is 9.69 Å². The van der Waals surface area contributed by atoms with E-state index >= 15 is 0 Å². The average molecular weight is 410 g/mol. The van der Waals surface area contributed by atoms with Gasteiger partial charge in [0.1, 0.15) is 0 Å². The van der Waals surface area contributed by atoms with E-state index in [1.807, 2.05) is 17.0 Å². The number of amides is 3. The quantitative estimate of drug-likeness (QED) is 0.756. The minimum Gasteiger partial charge on any atom is -0.335 e. The van der Waals surface area contributed by atoms with Crippen molar-refractivity contribution in [1.82, 2.24) is 10.2 Å². The van der Waals surface area contributed by atoms with Crippen LogP contribution in [-0.2, 0) is 6.42 Å². The molecule has 1 N–H and O–H groups in total. The van der Waals surface area contributed by atoms with Crippen LogP contribution in [0.4, 0.5) is 10.5 Å². The third-order valence-electron chi connectivity index (χ3n) is 7.90. The van der Waals surface area contributed by atoms with E-state index in [-0.39, 0.29) is 11.9 Å². The van der Waals surface area contributed by atoms with Crippen LogP contribution >= 0.6 is 0 Å². The molecule has 5 rings (SSSR count). The molecule has 0 bridgehead atoms. The van der Waals surface area contributed by atoms with Crippen LogP contribution in [0.2, 0.25) is 0 Å². The first-order valence-corrected chi connectivity index (χ1v) is 12.2. The van der Waals surface area contributed by atoms with Crippen molar-refractivity contribution in [2.75, 3.05) is 18.0 Å². The Balaban J connectivity index is 1.28. The summed E-state index contributed by atoms with van der Waals surface area (Å²) in [6.07, 6.45) is 14.2. The Morgan fingerprint density at radius 1 is 0.867 bits per heavy atom. The van der Waals surface area contributed by atoms with Gasteiger partial charge in [0, 0.05) is 36.4 Å². The smallest absolute Gasteiger partial charge is 0.322 e. The van der Waals surface area contributed by atoms with Crippen LogP contribution in [0.15, 0.2) is 18.2 Å². The minimum absolute atomic E-state index is 0.0285. The summed E-state index contributed by atoms with van der Waals surface area (Å²) in [4.78, 5) is 30.2. The first kappa shape index (κ1) is 19.9. The van der Waals surface area contributed by atoms with Gasteiger partial charge < -0.3 is 10.2 Å². The molecule has 4 aliphatic rings. The molecule has 0 spiro atoms. The number of piperidine rings is 1. The highest BCUT2D eigenvalue weighted by atomic mass is 16.2. The Hall–Kier alpha value is -2.04. The molecule has 30 heavy (non-hydrogen) atoms. The molecule has 2 aliphatic carbocycles. The molecule has 0 aromatic heterocycles. The normalized spacial score (nSPS) is 26.8. The van der Waals surface area contributed by atoms with Gasteiger partial charge in [-0.05, 0) is 74.6 Å². The van der Waals surface area contributed by atoms with Crippen LogP contribution < -0.4 is 10.2 Å². The van der Waals surface area contributed by atoms with Gasteiger partial charge in [-0.1, -0.05) is 32.1 Å². The van der Waals surface area contributed by atoms with Gasteiger partial charge in [-0.25, -0.2) is 4.79 Å². The lowest BCUT2D eigenvalue weighted by atomic mass is 9.78. The van der Waals surface area contributed by atoms with E-state index in [4.69, 9.17) is 0 Å². The van der Waals surface area contributed by atoms with Gasteiger partial charge in [0.2, 0.25) is 0 Å². The SMILES string of the molecule is O=C(NC1CCCCC1)N1CCc2cc(C(=O)N3CCC[C@H]4CCCC[C@H]43)ccc21.